The minimum Gasteiger partial charge on any atom is -0.224 e. The smallest absolute Gasteiger partial charge is 0.177 e. The first-order valence-electron chi connectivity index (χ1n) is 3.04. The van der Waals surface area contributed by atoms with Crippen molar-refractivity contribution in [1.82, 2.24) is 4.98 Å². The molecule has 0 amide bonds. The highest BCUT2D eigenvalue weighted by Crippen LogP contribution is 2.29. The number of pyridine rings is 1. The minimum absolute atomic E-state index is 0.00479. The lowest BCUT2D eigenvalue weighted by atomic mass is 10.5. The number of halogens is 3. The van der Waals surface area contributed by atoms with Gasteiger partial charge in [0.15, 0.2) is 15.0 Å². The monoisotopic (exact) mass is 259 g/mol. The zero-order valence-electron chi connectivity index (χ0n) is 6.38. The van der Waals surface area contributed by atoms with Crippen molar-refractivity contribution in [2.75, 3.05) is 6.26 Å². The third-order valence-electron chi connectivity index (χ3n) is 1.25. The summed E-state index contributed by atoms with van der Waals surface area (Å²) in [5.41, 5.74) is 0. The summed E-state index contributed by atoms with van der Waals surface area (Å²) in [6, 6.07) is 1.16. The minimum atomic E-state index is -3.42. The quantitative estimate of drug-likeness (QED) is 0.729. The molecule has 0 saturated heterocycles. The van der Waals surface area contributed by atoms with Crippen LogP contribution in [0.15, 0.2) is 11.0 Å². The Labute approximate surface area is 90.6 Å². The number of hydrogen-bond acceptors (Lipinski definition) is 3. The highest BCUT2D eigenvalue weighted by Gasteiger charge is 2.16. The molecule has 0 atom stereocenters. The summed E-state index contributed by atoms with van der Waals surface area (Å²) in [5.74, 6) is 0. The lowest BCUT2D eigenvalue weighted by molar-refractivity contribution is 0.602. The van der Waals surface area contributed by atoms with E-state index in [-0.39, 0.29) is 20.2 Å². The average molecular weight is 261 g/mol. The molecule has 0 unspecified atom stereocenters. The Morgan fingerprint density at radius 3 is 2.31 bits per heavy atom. The number of sulfone groups is 1. The second-order valence-corrected chi connectivity index (χ2v) is 5.43. The van der Waals surface area contributed by atoms with Crippen molar-refractivity contribution >= 4 is 44.6 Å². The predicted molar refractivity (Wildman–Crippen MR) is 52.4 cm³/mol. The van der Waals surface area contributed by atoms with Crippen molar-refractivity contribution in [3.63, 3.8) is 0 Å². The second kappa shape index (κ2) is 3.61. The lowest BCUT2D eigenvalue weighted by Gasteiger charge is -2.02. The van der Waals surface area contributed by atoms with Gasteiger partial charge in [-0.1, -0.05) is 34.8 Å². The van der Waals surface area contributed by atoms with E-state index in [1.807, 2.05) is 0 Å². The maximum atomic E-state index is 11.1. The van der Waals surface area contributed by atoms with Crippen LogP contribution in [0, 0.1) is 0 Å². The third kappa shape index (κ3) is 2.47. The molecule has 0 saturated carbocycles. The molecular weight excluding hydrogens is 256 g/mol. The summed E-state index contributed by atoms with van der Waals surface area (Å²) in [6.45, 7) is 0. The standard InChI is InChI=1S/C6H4Cl3NO2S/c1-13(11,12)3-2-4(7)10-6(9)5(3)8/h2H,1H3. The van der Waals surface area contributed by atoms with Crippen LogP contribution in [0.25, 0.3) is 0 Å². The summed E-state index contributed by atoms with van der Waals surface area (Å²) in [7, 11) is -3.42. The van der Waals surface area contributed by atoms with E-state index in [1.165, 1.54) is 0 Å². The van der Waals surface area contributed by atoms with E-state index >= 15 is 0 Å². The molecule has 0 spiro atoms. The fraction of sp³-hybridized carbons (Fsp3) is 0.167. The Balaban J connectivity index is 3.56. The molecule has 7 heteroatoms. The molecule has 1 aromatic rings. The normalized spacial score (nSPS) is 11.7. The molecule has 0 aliphatic carbocycles. The highest BCUT2D eigenvalue weighted by molar-refractivity contribution is 7.90. The number of aromatic nitrogens is 1. The van der Waals surface area contributed by atoms with Gasteiger partial charge in [-0.2, -0.15) is 0 Å². The molecule has 0 fully saturated rings. The Hall–Kier alpha value is -0.0300. The summed E-state index contributed by atoms with van der Waals surface area (Å²) < 4.78 is 22.3. The molecule has 1 aromatic heterocycles. The largest absolute Gasteiger partial charge is 0.224 e. The van der Waals surface area contributed by atoms with Crippen LogP contribution in [0.4, 0.5) is 0 Å². The van der Waals surface area contributed by atoms with Crippen LogP contribution in [-0.4, -0.2) is 19.7 Å². The van der Waals surface area contributed by atoms with E-state index in [4.69, 9.17) is 34.8 Å². The van der Waals surface area contributed by atoms with Crippen molar-refractivity contribution in [2.45, 2.75) is 4.90 Å². The van der Waals surface area contributed by atoms with Gasteiger partial charge in [-0.3, -0.25) is 0 Å². The Kier molecular flexibility index (Phi) is 3.07. The van der Waals surface area contributed by atoms with Crippen molar-refractivity contribution in [3.05, 3.63) is 21.4 Å². The van der Waals surface area contributed by atoms with Gasteiger partial charge < -0.3 is 0 Å². The first kappa shape index (κ1) is 11.0. The SMILES string of the molecule is CS(=O)(=O)c1cc(Cl)nc(Cl)c1Cl. The van der Waals surface area contributed by atoms with Crippen LogP contribution in [0.5, 0.6) is 0 Å². The molecule has 72 valence electrons. The average Bonchev–Trinajstić information content (AvgIpc) is 1.94. The highest BCUT2D eigenvalue weighted by atomic mass is 35.5. The van der Waals surface area contributed by atoms with E-state index in [1.54, 1.807) is 0 Å². The van der Waals surface area contributed by atoms with Crippen molar-refractivity contribution < 1.29 is 8.42 Å². The molecular formula is C6H4Cl3NO2S. The summed E-state index contributed by atoms with van der Waals surface area (Å²) >= 11 is 16.7. The molecule has 0 aromatic carbocycles. The van der Waals surface area contributed by atoms with E-state index in [2.05, 4.69) is 4.98 Å². The third-order valence-corrected chi connectivity index (χ3v) is 3.43. The van der Waals surface area contributed by atoms with Gasteiger partial charge in [0.2, 0.25) is 0 Å². The summed E-state index contributed by atoms with van der Waals surface area (Å²) in [5, 5.41) is -0.224. The van der Waals surface area contributed by atoms with Crippen LogP contribution >= 0.6 is 34.8 Å². The molecule has 0 aliphatic rings. The molecule has 1 rings (SSSR count). The van der Waals surface area contributed by atoms with Crippen LogP contribution in [0.1, 0.15) is 0 Å². The van der Waals surface area contributed by atoms with Crippen molar-refractivity contribution in [2.24, 2.45) is 0 Å². The van der Waals surface area contributed by atoms with Crippen LogP contribution in [-0.2, 0) is 9.84 Å². The van der Waals surface area contributed by atoms with E-state index < -0.39 is 9.84 Å². The summed E-state index contributed by atoms with van der Waals surface area (Å²) in [4.78, 5) is 3.47. The Bertz CT molecular complexity index is 443. The second-order valence-electron chi connectivity index (χ2n) is 2.32. The molecule has 1 heterocycles. The predicted octanol–water partition coefficient (Wildman–Crippen LogP) is 2.45. The van der Waals surface area contributed by atoms with Gasteiger partial charge in [-0.25, -0.2) is 13.4 Å². The van der Waals surface area contributed by atoms with Gasteiger partial charge in [0, 0.05) is 6.26 Å². The van der Waals surface area contributed by atoms with Gasteiger partial charge in [0.25, 0.3) is 0 Å². The van der Waals surface area contributed by atoms with Crippen LogP contribution < -0.4 is 0 Å². The molecule has 0 bridgehead atoms. The van der Waals surface area contributed by atoms with Gasteiger partial charge in [-0.05, 0) is 6.07 Å². The number of hydrogen-bond donors (Lipinski definition) is 0. The van der Waals surface area contributed by atoms with Crippen molar-refractivity contribution in [1.29, 1.82) is 0 Å². The zero-order chi connectivity index (χ0) is 10.2. The van der Waals surface area contributed by atoms with Crippen LogP contribution in [0.2, 0.25) is 15.3 Å². The maximum Gasteiger partial charge on any atom is 0.177 e. The first-order chi connectivity index (χ1) is 5.82. The van der Waals surface area contributed by atoms with E-state index in [0.717, 1.165) is 12.3 Å². The van der Waals surface area contributed by atoms with Crippen LogP contribution in [0.3, 0.4) is 0 Å². The Morgan fingerprint density at radius 1 is 1.31 bits per heavy atom. The lowest BCUT2D eigenvalue weighted by Crippen LogP contribution is -1.99. The zero-order valence-corrected chi connectivity index (χ0v) is 9.47. The topological polar surface area (TPSA) is 47.0 Å². The molecule has 0 radical (unpaired) electrons. The molecule has 0 N–H and O–H groups in total. The van der Waals surface area contributed by atoms with E-state index in [9.17, 15) is 8.42 Å². The molecule has 0 aliphatic heterocycles. The Morgan fingerprint density at radius 2 is 1.85 bits per heavy atom. The van der Waals surface area contributed by atoms with E-state index in [0.29, 0.717) is 0 Å². The van der Waals surface area contributed by atoms with Gasteiger partial charge in [-0.15, -0.1) is 0 Å². The summed E-state index contributed by atoms with van der Waals surface area (Å²) in [6.07, 6.45) is 1.01. The fourth-order valence-corrected chi connectivity index (χ4v) is 2.53. The number of nitrogens with zero attached hydrogens (tertiary/aromatic N) is 1. The molecule has 13 heavy (non-hydrogen) atoms. The molecule has 3 nitrogen and oxygen atoms in total. The van der Waals surface area contributed by atoms with Crippen molar-refractivity contribution in [3.8, 4) is 0 Å². The van der Waals surface area contributed by atoms with Gasteiger partial charge in [0.1, 0.15) is 5.15 Å². The maximum absolute atomic E-state index is 11.1. The van der Waals surface area contributed by atoms with Gasteiger partial charge in [0.05, 0.1) is 9.92 Å². The van der Waals surface area contributed by atoms with Gasteiger partial charge >= 0.3 is 0 Å². The fourth-order valence-electron chi connectivity index (χ4n) is 0.718. The number of rotatable bonds is 1. The first-order valence-corrected chi connectivity index (χ1v) is 6.06.